The lowest BCUT2D eigenvalue weighted by atomic mass is 10.1. The first kappa shape index (κ1) is 21.7. The molecule has 0 radical (unpaired) electrons. The number of carbonyl (C=O) groups excluding carboxylic acids is 1. The van der Waals surface area contributed by atoms with Crippen LogP contribution in [0, 0.1) is 0 Å². The SMILES string of the molecule is COc1ccc(OC)c(NC(=O)[C@@H](C)[S@@](=O)Cc2ccccc2C(F)(F)F)c1. The lowest BCUT2D eigenvalue weighted by molar-refractivity contribution is -0.138. The van der Waals surface area contributed by atoms with Gasteiger partial charge in [-0.15, -0.1) is 0 Å². The topological polar surface area (TPSA) is 64.6 Å². The number of nitrogens with one attached hydrogen (secondary N) is 1. The van der Waals surface area contributed by atoms with Crippen molar-refractivity contribution in [1.82, 2.24) is 0 Å². The first-order valence-corrected chi connectivity index (χ1v) is 9.60. The van der Waals surface area contributed by atoms with Gasteiger partial charge in [0.25, 0.3) is 0 Å². The molecule has 2 atom stereocenters. The minimum absolute atomic E-state index is 0.119. The van der Waals surface area contributed by atoms with Crippen molar-refractivity contribution in [2.45, 2.75) is 24.1 Å². The summed E-state index contributed by atoms with van der Waals surface area (Å²) in [5.74, 6) is -0.146. The number of alkyl halides is 3. The van der Waals surface area contributed by atoms with Crippen LogP contribution in [0.4, 0.5) is 18.9 Å². The third kappa shape index (κ3) is 5.25. The summed E-state index contributed by atoms with van der Waals surface area (Å²) < 4.78 is 62.1. The molecule has 0 aliphatic heterocycles. The summed E-state index contributed by atoms with van der Waals surface area (Å²) in [5, 5.41) is 1.54. The van der Waals surface area contributed by atoms with Crippen LogP contribution in [0.15, 0.2) is 42.5 Å². The smallest absolute Gasteiger partial charge is 0.416 e. The molecular weight excluding hydrogens is 395 g/mol. The fourth-order valence-electron chi connectivity index (χ4n) is 2.47. The summed E-state index contributed by atoms with van der Waals surface area (Å²) in [6.45, 7) is 1.40. The molecule has 28 heavy (non-hydrogen) atoms. The van der Waals surface area contributed by atoms with E-state index in [0.29, 0.717) is 17.2 Å². The van der Waals surface area contributed by atoms with Crippen LogP contribution in [-0.4, -0.2) is 29.6 Å². The summed E-state index contributed by atoms with van der Waals surface area (Å²) in [7, 11) is 1.02. The van der Waals surface area contributed by atoms with Crippen LogP contribution in [0.3, 0.4) is 0 Å². The van der Waals surface area contributed by atoms with E-state index in [1.165, 1.54) is 45.4 Å². The van der Waals surface area contributed by atoms with Gasteiger partial charge < -0.3 is 14.8 Å². The molecule has 0 saturated heterocycles. The Morgan fingerprint density at radius 3 is 2.43 bits per heavy atom. The third-order valence-corrected chi connectivity index (χ3v) is 5.65. The summed E-state index contributed by atoms with van der Waals surface area (Å²) in [4.78, 5) is 12.5. The van der Waals surface area contributed by atoms with Crippen LogP contribution in [0.5, 0.6) is 11.5 Å². The largest absolute Gasteiger partial charge is 0.497 e. The lowest BCUT2D eigenvalue weighted by Gasteiger charge is -2.16. The van der Waals surface area contributed by atoms with Crippen molar-refractivity contribution >= 4 is 22.4 Å². The Kier molecular flexibility index (Phi) is 7.06. The van der Waals surface area contributed by atoms with Crippen molar-refractivity contribution in [1.29, 1.82) is 0 Å². The zero-order chi connectivity index (χ0) is 20.9. The Morgan fingerprint density at radius 1 is 1.14 bits per heavy atom. The first-order valence-electron chi connectivity index (χ1n) is 8.22. The number of benzene rings is 2. The Labute approximate surface area is 163 Å². The molecule has 2 aromatic rings. The number of halogens is 3. The van der Waals surface area contributed by atoms with Crippen molar-refractivity contribution in [3.05, 3.63) is 53.6 Å². The number of ether oxygens (including phenoxy) is 2. The molecule has 152 valence electrons. The van der Waals surface area contributed by atoms with Gasteiger partial charge in [-0.1, -0.05) is 18.2 Å². The molecule has 2 aromatic carbocycles. The minimum atomic E-state index is -4.56. The van der Waals surface area contributed by atoms with Crippen LogP contribution in [0.2, 0.25) is 0 Å². The summed E-state index contributed by atoms with van der Waals surface area (Å²) in [6.07, 6.45) is -4.56. The molecule has 0 aromatic heterocycles. The molecule has 1 amide bonds. The van der Waals surface area contributed by atoms with E-state index < -0.39 is 33.7 Å². The van der Waals surface area contributed by atoms with Gasteiger partial charge in [-0.05, 0) is 30.7 Å². The van der Waals surface area contributed by atoms with Gasteiger partial charge in [0.05, 0.1) is 25.5 Å². The quantitative estimate of drug-likeness (QED) is 0.743. The predicted octanol–water partition coefficient (Wildman–Crippen LogP) is 4.00. The zero-order valence-corrected chi connectivity index (χ0v) is 16.3. The van der Waals surface area contributed by atoms with Crippen LogP contribution >= 0.6 is 0 Å². The highest BCUT2D eigenvalue weighted by Crippen LogP contribution is 2.33. The number of methoxy groups -OCH3 is 2. The molecule has 2 rings (SSSR count). The maximum atomic E-state index is 13.1. The van der Waals surface area contributed by atoms with Crippen molar-refractivity contribution in [3.8, 4) is 11.5 Å². The minimum Gasteiger partial charge on any atom is -0.497 e. The summed E-state index contributed by atoms with van der Waals surface area (Å²) in [5.41, 5.74) is -0.663. The van der Waals surface area contributed by atoms with E-state index in [0.717, 1.165) is 6.07 Å². The number of anilines is 1. The monoisotopic (exact) mass is 415 g/mol. The van der Waals surface area contributed by atoms with Crippen LogP contribution in [0.1, 0.15) is 18.1 Å². The van der Waals surface area contributed by atoms with Gasteiger partial charge >= 0.3 is 6.18 Å². The predicted molar refractivity (Wildman–Crippen MR) is 101 cm³/mol. The molecule has 0 aliphatic carbocycles. The average molecular weight is 415 g/mol. The second kappa shape index (κ2) is 9.09. The van der Waals surface area contributed by atoms with Crippen molar-refractivity contribution in [2.75, 3.05) is 19.5 Å². The normalized spacial score (nSPS) is 13.5. The Hall–Kier alpha value is -2.55. The molecule has 0 unspecified atom stereocenters. The fraction of sp³-hybridized carbons (Fsp3) is 0.316. The Bertz CT molecular complexity index is 870. The number of hydrogen-bond donors (Lipinski definition) is 1. The second-order valence-electron chi connectivity index (χ2n) is 5.88. The van der Waals surface area contributed by atoms with E-state index in [-0.39, 0.29) is 11.3 Å². The lowest BCUT2D eigenvalue weighted by Crippen LogP contribution is -2.30. The van der Waals surface area contributed by atoms with Gasteiger partial charge in [0.1, 0.15) is 16.7 Å². The third-order valence-electron chi connectivity index (χ3n) is 4.05. The highest BCUT2D eigenvalue weighted by molar-refractivity contribution is 7.85. The fourth-order valence-corrected chi connectivity index (χ4v) is 3.57. The van der Waals surface area contributed by atoms with Gasteiger partial charge in [0.2, 0.25) is 5.91 Å². The first-order chi connectivity index (χ1) is 13.2. The molecule has 9 heteroatoms. The van der Waals surface area contributed by atoms with Gasteiger partial charge in [0, 0.05) is 22.6 Å². The van der Waals surface area contributed by atoms with Gasteiger partial charge in [0.15, 0.2) is 0 Å². The van der Waals surface area contributed by atoms with Crippen LogP contribution in [-0.2, 0) is 27.5 Å². The second-order valence-corrected chi connectivity index (χ2v) is 7.63. The van der Waals surface area contributed by atoms with E-state index in [2.05, 4.69) is 5.32 Å². The highest BCUT2D eigenvalue weighted by atomic mass is 32.2. The van der Waals surface area contributed by atoms with Crippen molar-refractivity contribution in [3.63, 3.8) is 0 Å². The molecule has 0 fully saturated rings. The molecule has 0 bridgehead atoms. The maximum Gasteiger partial charge on any atom is 0.416 e. The zero-order valence-electron chi connectivity index (χ0n) is 15.5. The molecule has 0 saturated carbocycles. The van der Waals surface area contributed by atoms with Gasteiger partial charge in [-0.3, -0.25) is 9.00 Å². The van der Waals surface area contributed by atoms with E-state index in [1.54, 1.807) is 12.1 Å². The van der Waals surface area contributed by atoms with E-state index in [4.69, 9.17) is 9.47 Å². The molecule has 0 heterocycles. The number of carbonyl (C=O) groups is 1. The highest BCUT2D eigenvalue weighted by Gasteiger charge is 2.34. The summed E-state index contributed by atoms with van der Waals surface area (Å²) >= 11 is 0. The maximum absolute atomic E-state index is 13.1. The molecule has 0 aliphatic rings. The Balaban J connectivity index is 2.15. The van der Waals surface area contributed by atoms with Gasteiger partial charge in [-0.25, -0.2) is 0 Å². The average Bonchev–Trinajstić information content (AvgIpc) is 2.66. The molecular formula is C19H20F3NO4S. The van der Waals surface area contributed by atoms with E-state index in [1.807, 2.05) is 0 Å². The standard InChI is InChI=1S/C19H20F3NO4S/c1-12(18(24)23-16-10-14(26-2)8-9-17(16)27-3)28(25)11-13-6-4-5-7-15(13)19(20,21)22/h4-10,12H,11H2,1-3H3,(H,23,24)/t12-,28+/m1/s1. The molecule has 0 spiro atoms. The van der Waals surface area contributed by atoms with Crippen molar-refractivity contribution < 1.29 is 31.6 Å². The number of rotatable bonds is 7. The van der Waals surface area contributed by atoms with E-state index >= 15 is 0 Å². The van der Waals surface area contributed by atoms with Crippen LogP contribution < -0.4 is 14.8 Å². The summed E-state index contributed by atoms with van der Waals surface area (Å²) in [6, 6.07) is 9.66. The number of hydrogen-bond acceptors (Lipinski definition) is 4. The van der Waals surface area contributed by atoms with Gasteiger partial charge in [-0.2, -0.15) is 13.2 Å². The van der Waals surface area contributed by atoms with E-state index in [9.17, 15) is 22.2 Å². The Morgan fingerprint density at radius 2 is 1.82 bits per heavy atom. The molecule has 5 nitrogen and oxygen atoms in total. The number of amides is 1. The van der Waals surface area contributed by atoms with Crippen molar-refractivity contribution in [2.24, 2.45) is 0 Å². The molecule has 1 N–H and O–H groups in total. The van der Waals surface area contributed by atoms with Crippen LogP contribution in [0.25, 0.3) is 0 Å².